The monoisotopic (exact) mass is 1110 g/mol. The van der Waals surface area contributed by atoms with E-state index in [0.717, 1.165) is 60.5 Å². The van der Waals surface area contributed by atoms with Crippen molar-refractivity contribution in [1.82, 2.24) is 14.1 Å². The minimum atomic E-state index is -0.547. The number of rotatable bonds is 8. The maximum Gasteiger partial charge on any atom is 0.268 e. The molecule has 0 aliphatic heterocycles. The van der Waals surface area contributed by atoms with Gasteiger partial charge in [0.1, 0.15) is 11.4 Å². The standard InChI is InChI=1S/C65H52N4O.Pt/c1-64(2,3)50-36-48(45-19-9-7-10-20-45)35-49(37-50)56-39-51(65(4,5)6)38-55(46-21-11-8-12-22-46)63(56)68-42-67(58-26-15-16-27-59(58)68)52-23-17-18-43(33-52)32-44-28-29-54-53-24-13-14-25-57(53)69(60(54)34-44)62-40-61-47(41-66-62)30-31-70-61;/h7-31,35-41H,32H2,1-6H3;/q-2;/i7D,8D,9D,10D,11D,12D,19D,20D,21D,22D;. The Morgan fingerprint density at radius 3 is 2.03 bits per heavy atom. The molecule has 350 valence electrons. The average molecular weight is 1110 g/mol. The van der Waals surface area contributed by atoms with Crippen molar-refractivity contribution in [1.29, 1.82) is 0 Å². The molecule has 6 heteroatoms. The Labute approximate surface area is 444 Å². The van der Waals surface area contributed by atoms with E-state index in [1.54, 1.807) is 6.26 Å². The predicted molar refractivity (Wildman–Crippen MR) is 286 cm³/mol. The third kappa shape index (κ3) is 8.43. The predicted octanol–water partition coefficient (Wildman–Crippen LogP) is 15.7. The van der Waals surface area contributed by atoms with Crippen LogP contribution in [-0.4, -0.2) is 14.1 Å². The van der Waals surface area contributed by atoms with Crippen LogP contribution in [0.5, 0.6) is 0 Å². The summed E-state index contributed by atoms with van der Waals surface area (Å²) < 4.78 is 101. The second-order valence-corrected chi connectivity index (χ2v) is 19.8. The van der Waals surface area contributed by atoms with Gasteiger partial charge in [-0.25, -0.2) is 4.98 Å². The van der Waals surface area contributed by atoms with Gasteiger partial charge < -0.3 is 13.6 Å². The van der Waals surface area contributed by atoms with Crippen LogP contribution < -0.4 is 4.57 Å². The SMILES string of the molecule is [2H]c1c([2H])c([2H])c(-c2cc(-c3cc(C(C)(C)C)cc(-c4c([2H])c([2H])c([2H])c([2H])c4[2H])c3-[n+]3[c-]n(-c4[c-]c(Cc5[c-]c6c(cc5)c5ccccc5n6-c5cc6occc6cn5)ccc4)c4ccccc43)cc(C(C)(C)C)c2)c([2H])c1[2H].[Pt]. The Morgan fingerprint density at radius 2 is 1.27 bits per heavy atom. The number of hydrogen-bond donors (Lipinski definition) is 0. The Bertz CT molecular complexity index is 4510. The molecule has 0 spiro atoms. The molecule has 0 fully saturated rings. The molecule has 0 radical (unpaired) electrons. The van der Waals surface area contributed by atoms with E-state index in [9.17, 15) is 2.74 Å². The van der Waals surface area contributed by atoms with Gasteiger partial charge >= 0.3 is 0 Å². The Hall–Kier alpha value is -7.59. The summed E-state index contributed by atoms with van der Waals surface area (Å²) in [5.41, 5.74) is 9.43. The Kier molecular flexibility index (Phi) is 8.99. The van der Waals surface area contributed by atoms with Gasteiger partial charge in [-0.2, -0.15) is 53.6 Å². The maximum atomic E-state index is 9.46. The van der Waals surface area contributed by atoms with Crippen molar-refractivity contribution >= 4 is 43.8 Å². The van der Waals surface area contributed by atoms with Gasteiger partial charge in [0.25, 0.3) is 6.33 Å². The first-order valence-corrected chi connectivity index (χ1v) is 23.3. The van der Waals surface area contributed by atoms with Gasteiger partial charge in [0.05, 0.1) is 36.7 Å². The fourth-order valence-electron chi connectivity index (χ4n) is 9.45. The van der Waals surface area contributed by atoms with Gasteiger partial charge in [0.15, 0.2) is 0 Å². The first-order valence-electron chi connectivity index (χ1n) is 28.3. The minimum absolute atomic E-state index is 0. The number of furan rings is 1. The Morgan fingerprint density at radius 1 is 0.606 bits per heavy atom. The number of imidazole rings is 1. The van der Waals surface area contributed by atoms with Gasteiger partial charge in [0, 0.05) is 44.2 Å². The molecule has 0 N–H and O–H groups in total. The smallest absolute Gasteiger partial charge is 0.268 e. The summed E-state index contributed by atoms with van der Waals surface area (Å²) in [6.45, 7) is 12.3. The van der Waals surface area contributed by atoms with Crippen molar-refractivity contribution in [3.8, 4) is 50.6 Å². The molecule has 0 bridgehead atoms. The molecular weight excluding hydrogens is 1050 g/mol. The summed E-state index contributed by atoms with van der Waals surface area (Å²) in [6.07, 6.45) is 7.63. The molecule has 0 amide bonds. The quantitative estimate of drug-likeness (QED) is 0.112. The molecule has 12 aromatic rings. The zero-order valence-corrected chi connectivity index (χ0v) is 42.2. The first-order chi connectivity index (χ1) is 38.1. The van der Waals surface area contributed by atoms with Crippen LogP contribution in [0, 0.1) is 18.5 Å². The van der Waals surface area contributed by atoms with Crippen molar-refractivity contribution in [3.05, 3.63) is 235 Å². The molecule has 0 unspecified atom stereocenters. The number of fused-ring (bicyclic) bond motifs is 5. The molecule has 0 atom stereocenters. The van der Waals surface area contributed by atoms with Crippen LogP contribution in [-0.2, 0) is 38.3 Å². The molecule has 0 aliphatic carbocycles. The third-order valence-corrected chi connectivity index (χ3v) is 13.1. The van der Waals surface area contributed by atoms with E-state index in [-0.39, 0.29) is 56.4 Å². The fraction of sp³-hybridized carbons (Fsp3) is 0.138. The van der Waals surface area contributed by atoms with E-state index < -0.39 is 47.1 Å². The molecule has 12 rings (SSSR count). The minimum Gasteiger partial charge on any atom is -0.464 e. The molecular formula is C65H52N4OPt-2. The second kappa shape index (κ2) is 18.0. The van der Waals surface area contributed by atoms with Gasteiger partial charge in [-0.05, 0) is 91.0 Å². The molecule has 0 aliphatic rings. The average Bonchev–Trinajstić information content (AvgIpc) is 4.34. The van der Waals surface area contributed by atoms with Crippen LogP contribution in [0.4, 0.5) is 0 Å². The summed E-state index contributed by atoms with van der Waals surface area (Å²) in [6, 6.07) is 42.8. The van der Waals surface area contributed by atoms with Crippen molar-refractivity contribution < 1.29 is 43.8 Å². The summed E-state index contributed by atoms with van der Waals surface area (Å²) in [5, 5.41) is 3.02. The number of hydrogen-bond acceptors (Lipinski definition) is 2. The molecule has 5 nitrogen and oxygen atoms in total. The zero-order chi connectivity index (χ0) is 56.4. The zero-order valence-electron chi connectivity index (χ0n) is 49.9. The number of aromatic nitrogens is 4. The number of para-hydroxylation sites is 3. The molecule has 8 aromatic carbocycles. The largest absolute Gasteiger partial charge is 0.464 e. The molecule has 4 aromatic heterocycles. The van der Waals surface area contributed by atoms with Crippen LogP contribution >= 0.6 is 0 Å². The third-order valence-electron chi connectivity index (χ3n) is 13.1. The maximum absolute atomic E-state index is 9.46. The van der Waals surface area contributed by atoms with Crippen molar-refractivity contribution in [3.63, 3.8) is 0 Å². The van der Waals surface area contributed by atoms with E-state index in [1.807, 2.05) is 154 Å². The first kappa shape index (κ1) is 35.5. The number of nitrogens with zero attached hydrogens (tertiary/aromatic N) is 4. The van der Waals surface area contributed by atoms with Gasteiger partial charge in [-0.3, -0.25) is 4.57 Å². The molecule has 71 heavy (non-hydrogen) atoms. The van der Waals surface area contributed by atoms with Crippen LogP contribution in [0.2, 0.25) is 0 Å². The van der Waals surface area contributed by atoms with E-state index >= 15 is 0 Å². The second-order valence-electron chi connectivity index (χ2n) is 19.8. The van der Waals surface area contributed by atoms with Crippen LogP contribution in [0.15, 0.2) is 199 Å². The fourth-order valence-corrected chi connectivity index (χ4v) is 9.45. The Balaban J connectivity index is 0.00000690. The number of benzene rings is 8. The van der Waals surface area contributed by atoms with Crippen LogP contribution in [0.1, 0.15) is 77.5 Å². The van der Waals surface area contributed by atoms with E-state index in [0.29, 0.717) is 51.4 Å². The molecule has 0 saturated carbocycles. The van der Waals surface area contributed by atoms with Gasteiger partial charge in [0.2, 0.25) is 0 Å². The van der Waals surface area contributed by atoms with Crippen molar-refractivity contribution in [2.75, 3.05) is 0 Å². The summed E-state index contributed by atoms with van der Waals surface area (Å²) in [4.78, 5) is 4.85. The molecule has 4 heterocycles. The van der Waals surface area contributed by atoms with Gasteiger partial charge in [-0.15, -0.1) is 5.39 Å². The summed E-state index contributed by atoms with van der Waals surface area (Å²) >= 11 is 0. The number of pyridine rings is 1. The normalized spacial score (nSPS) is 14.0. The summed E-state index contributed by atoms with van der Waals surface area (Å²) in [5.74, 6) is 0.714. The van der Waals surface area contributed by atoms with Gasteiger partial charge in [-0.1, -0.05) is 174 Å². The van der Waals surface area contributed by atoms with E-state index in [2.05, 4.69) is 47.3 Å². The topological polar surface area (TPSA) is 39.8 Å². The van der Waals surface area contributed by atoms with E-state index in [4.69, 9.17) is 20.4 Å². The van der Waals surface area contributed by atoms with Crippen LogP contribution in [0.25, 0.3) is 94.4 Å². The summed E-state index contributed by atoms with van der Waals surface area (Å²) in [7, 11) is 0. The molecule has 0 saturated heterocycles. The van der Waals surface area contributed by atoms with E-state index in [1.165, 1.54) is 0 Å². The van der Waals surface area contributed by atoms with Crippen LogP contribution in [0.3, 0.4) is 0 Å². The van der Waals surface area contributed by atoms with Crippen molar-refractivity contribution in [2.45, 2.75) is 58.8 Å². The van der Waals surface area contributed by atoms with Crippen molar-refractivity contribution in [2.24, 2.45) is 0 Å².